The van der Waals surface area contributed by atoms with Crippen molar-refractivity contribution in [2.24, 2.45) is 11.3 Å². The summed E-state index contributed by atoms with van der Waals surface area (Å²) in [5.41, 5.74) is 0.313. The van der Waals surface area contributed by atoms with E-state index in [1.54, 1.807) is 0 Å². The van der Waals surface area contributed by atoms with Gasteiger partial charge in [0.1, 0.15) is 6.10 Å². The Balaban J connectivity index is 4.30. The van der Waals surface area contributed by atoms with Gasteiger partial charge in [-0.3, -0.25) is 0 Å². The lowest BCUT2D eigenvalue weighted by Crippen LogP contribution is -2.30. The van der Waals surface area contributed by atoms with Crippen LogP contribution in [0.2, 0.25) is 13.1 Å². The highest BCUT2D eigenvalue weighted by Crippen LogP contribution is 2.33. The summed E-state index contributed by atoms with van der Waals surface area (Å²) in [6, 6.07) is 0. The molecule has 0 rings (SSSR count). The summed E-state index contributed by atoms with van der Waals surface area (Å²) >= 11 is 0. The first-order valence-electron chi connectivity index (χ1n) is 10.9. The second kappa shape index (κ2) is 15.3. The monoisotopic (exact) mass is 397 g/mol. The highest BCUT2D eigenvalue weighted by molar-refractivity contribution is 6.48. The molecule has 0 heterocycles. The molecule has 0 aliphatic rings. The fourth-order valence-corrected chi connectivity index (χ4v) is 4.12. The van der Waals surface area contributed by atoms with Gasteiger partial charge in [0.05, 0.1) is 7.11 Å². The Hall–Kier alpha value is -0.613. The quantitative estimate of drug-likeness (QED) is 0.130. The first-order chi connectivity index (χ1) is 12.7. The molecule has 1 radical (unpaired) electrons. The van der Waals surface area contributed by atoms with Crippen molar-refractivity contribution in [1.29, 1.82) is 0 Å². The maximum atomic E-state index is 11.9. The van der Waals surface area contributed by atoms with Gasteiger partial charge in [-0.2, -0.15) is 0 Å². The van der Waals surface area contributed by atoms with Gasteiger partial charge in [0.15, 0.2) is 0 Å². The lowest BCUT2D eigenvalue weighted by molar-refractivity contribution is -0.149. The van der Waals surface area contributed by atoms with Crippen LogP contribution in [0.3, 0.4) is 0 Å². The molecule has 27 heavy (non-hydrogen) atoms. The van der Waals surface area contributed by atoms with Gasteiger partial charge in [0.25, 0.3) is 0 Å². The van der Waals surface area contributed by atoms with Crippen molar-refractivity contribution >= 4 is 15.0 Å². The molecule has 0 amide bonds. The van der Waals surface area contributed by atoms with Crippen LogP contribution in [0.4, 0.5) is 0 Å². The maximum Gasteiger partial charge on any atom is 0.333 e. The van der Waals surface area contributed by atoms with Crippen LogP contribution in [-0.2, 0) is 14.0 Å². The predicted molar refractivity (Wildman–Crippen MR) is 118 cm³/mol. The van der Waals surface area contributed by atoms with Crippen LogP contribution in [-0.4, -0.2) is 28.2 Å². The highest BCUT2D eigenvalue weighted by atomic mass is 28.3. The molecule has 0 aromatic carbocycles. The van der Waals surface area contributed by atoms with Crippen molar-refractivity contribution in [2.75, 3.05) is 7.11 Å². The molecule has 0 bridgehead atoms. The fourth-order valence-electron chi connectivity index (χ4n) is 3.33. The van der Waals surface area contributed by atoms with E-state index in [0.29, 0.717) is 11.3 Å². The van der Waals surface area contributed by atoms with E-state index in [-0.39, 0.29) is 12.1 Å². The third kappa shape index (κ3) is 14.1. The summed E-state index contributed by atoms with van der Waals surface area (Å²) in [6.07, 6.45) is 16.2. The Morgan fingerprint density at radius 2 is 1.67 bits per heavy atom. The van der Waals surface area contributed by atoms with Crippen LogP contribution < -0.4 is 0 Å². The second-order valence-electron chi connectivity index (χ2n) is 8.94. The summed E-state index contributed by atoms with van der Waals surface area (Å²) < 4.78 is 10.7. The first kappa shape index (κ1) is 26.4. The van der Waals surface area contributed by atoms with Crippen LogP contribution >= 0.6 is 0 Å². The Kier molecular flexibility index (Phi) is 15.0. The number of hydrogen-bond acceptors (Lipinski definition) is 3. The minimum Gasteiger partial charge on any atom is -0.467 e. The lowest BCUT2D eigenvalue weighted by Gasteiger charge is -2.30. The summed E-state index contributed by atoms with van der Waals surface area (Å²) in [4.78, 5) is 11.9. The van der Waals surface area contributed by atoms with Crippen molar-refractivity contribution in [1.82, 2.24) is 0 Å². The molecule has 0 saturated carbocycles. The second-order valence-corrected chi connectivity index (χ2v) is 11.0. The molecular formula is C23H45O3Si. The molecule has 2 atom stereocenters. The van der Waals surface area contributed by atoms with E-state index in [1.165, 1.54) is 45.6 Å². The molecule has 0 N–H and O–H groups in total. The molecule has 0 aromatic heterocycles. The zero-order chi connectivity index (χ0) is 20.7. The SMILES string of the molecule is CCCCCC/C=C/CC(CCCCC(O[Si](C)C)C(=O)OC)C(C)(C)C. The summed E-state index contributed by atoms with van der Waals surface area (Å²) in [7, 11) is 0.549. The predicted octanol–water partition coefficient (Wildman–Crippen LogP) is 6.94. The van der Waals surface area contributed by atoms with Gasteiger partial charge in [-0.15, -0.1) is 0 Å². The van der Waals surface area contributed by atoms with Gasteiger partial charge in [-0.1, -0.05) is 72.0 Å². The van der Waals surface area contributed by atoms with E-state index in [4.69, 9.17) is 9.16 Å². The Morgan fingerprint density at radius 1 is 1.00 bits per heavy atom. The number of esters is 1. The summed E-state index contributed by atoms with van der Waals surface area (Å²) in [5, 5.41) is 0. The minimum atomic E-state index is -0.897. The number of ether oxygens (including phenoxy) is 1. The molecule has 3 nitrogen and oxygen atoms in total. The van der Waals surface area contributed by atoms with Gasteiger partial charge < -0.3 is 9.16 Å². The Labute approximate surface area is 171 Å². The van der Waals surface area contributed by atoms with Crippen LogP contribution in [0.1, 0.15) is 91.9 Å². The van der Waals surface area contributed by atoms with Crippen molar-refractivity contribution < 1.29 is 14.0 Å². The number of carbonyl (C=O) groups is 1. The van der Waals surface area contributed by atoms with Crippen LogP contribution in [0, 0.1) is 11.3 Å². The van der Waals surface area contributed by atoms with Crippen molar-refractivity contribution in [3.8, 4) is 0 Å². The Morgan fingerprint density at radius 3 is 2.22 bits per heavy atom. The van der Waals surface area contributed by atoms with Gasteiger partial charge in [-0.25, -0.2) is 4.79 Å². The molecule has 0 aliphatic heterocycles. The van der Waals surface area contributed by atoms with Crippen molar-refractivity contribution in [3.05, 3.63) is 12.2 Å². The summed E-state index contributed by atoms with van der Waals surface area (Å²) in [6.45, 7) is 13.4. The van der Waals surface area contributed by atoms with Crippen molar-refractivity contribution in [3.63, 3.8) is 0 Å². The molecule has 0 spiro atoms. The van der Waals surface area contributed by atoms with Gasteiger partial charge in [-0.05, 0) is 56.5 Å². The molecular weight excluding hydrogens is 352 g/mol. The molecule has 0 aliphatic carbocycles. The van der Waals surface area contributed by atoms with E-state index >= 15 is 0 Å². The van der Waals surface area contributed by atoms with Crippen LogP contribution in [0.5, 0.6) is 0 Å². The van der Waals surface area contributed by atoms with E-state index in [2.05, 4.69) is 52.9 Å². The zero-order valence-electron chi connectivity index (χ0n) is 19.1. The van der Waals surface area contributed by atoms with E-state index < -0.39 is 9.04 Å². The van der Waals surface area contributed by atoms with E-state index in [0.717, 1.165) is 25.7 Å². The third-order valence-electron chi connectivity index (χ3n) is 5.15. The summed E-state index contributed by atoms with van der Waals surface area (Å²) in [5.74, 6) is 0.457. The Bertz CT molecular complexity index is 399. The van der Waals surface area contributed by atoms with Gasteiger partial charge >= 0.3 is 5.97 Å². The van der Waals surface area contributed by atoms with Crippen LogP contribution in [0.15, 0.2) is 12.2 Å². The van der Waals surface area contributed by atoms with Crippen LogP contribution in [0.25, 0.3) is 0 Å². The fraction of sp³-hybridized carbons (Fsp3) is 0.870. The number of hydrogen-bond donors (Lipinski definition) is 0. The number of rotatable bonds is 15. The van der Waals surface area contributed by atoms with Crippen molar-refractivity contribution in [2.45, 2.75) is 111 Å². The normalized spacial score (nSPS) is 14.7. The van der Waals surface area contributed by atoms with Gasteiger partial charge in [0, 0.05) is 0 Å². The molecule has 4 heteroatoms. The molecule has 2 unspecified atom stereocenters. The lowest BCUT2D eigenvalue weighted by atomic mass is 9.76. The number of unbranched alkanes of at least 4 members (excludes halogenated alkanes) is 5. The minimum absolute atomic E-state index is 0.223. The third-order valence-corrected chi connectivity index (χ3v) is 5.90. The highest BCUT2D eigenvalue weighted by Gasteiger charge is 2.24. The largest absolute Gasteiger partial charge is 0.467 e. The number of carbonyl (C=O) groups excluding carboxylic acids is 1. The molecule has 0 saturated heterocycles. The first-order valence-corrected chi connectivity index (χ1v) is 13.3. The van der Waals surface area contributed by atoms with Gasteiger partial charge in [0.2, 0.25) is 9.04 Å². The van der Waals surface area contributed by atoms with E-state index in [9.17, 15) is 4.79 Å². The average Bonchev–Trinajstić information content (AvgIpc) is 2.59. The topological polar surface area (TPSA) is 35.5 Å². The number of methoxy groups -OCH3 is 1. The average molecular weight is 398 g/mol. The molecule has 159 valence electrons. The van der Waals surface area contributed by atoms with E-state index in [1.807, 2.05) is 0 Å². The zero-order valence-corrected chi connectivity index (χ0v) is 20.1. The molecule has 0 aromatic rings. The molecule has 0 fully saturated rings. The standard InChI is InChI=1S/C23H45O3Si/c1-8-9-10-11-12-13-14-17-20(23(2,3)4)18-15-16-19-21(22(24)25-5)26-27(6)7/h13-14,20-21H,8-12,15-19H2,1-7H3/b14-13+. The maximum absolute atomic E-state index is 11.9. The number of allylic oxidation sites excluding steroid dienone is 2. The smallest absolute Gasteiger partial charge is 0.333 e.